The summed E-state index contributed by atoms with van der Waals surface area (Å²) in [6.07, 6.45) is 0.994. The van der Waals surface area contributed by atoms with Crippen molar-refractivity contribution in [2.75, 3.05) is 52.1 Å². The molecule has 0 N–H and O–H groups in total. The van der Waals surface area contributed by atoms with Crippen molar-refractivity contribution in [3.8, 4) is 0 Å². The van der Waals surface area contributed by atoms with Crippen LogP contribution in [-0.4, -0.2) is 72.7 Å². The molecule has 1 amide bonds. The van der Waals surface area contributed by atoms with E-state index in [4.69, 9.17) is 0 Å². The van der Waals surface area contributed by atoms with Crippen LogP contribution >= 0.6 is 11.8 Å². The van der Waals surface area contributed by atoms with Gasteiger partial charge in [-0.25, -0.2) is 4.39 Å². The molecule has 2 fully saturated rings. The maximum absolute atomic E-state index is 13.1. The number of benzene rings is 1. The van der Waals surface area contributed by atoms with Gasteiger partial charge in [-0.1, -0.05) is 12.1 Å². The van der Waals surface area contributed by atoms with Crippen molar-refractivity contribution in [3.63, 3.8) is 0 Å². The molecular formula is C17H24FN3OS. The van der Waals surface area contributed by atoms with Crippen LogP contribution in [0.2, 0.25) is 0 Å². The zero-order valence-electron chi connectivity index (χ0n) is 13.6. The van der Waals surface area contributed by atoms with E-state index in [1.807, 2.05) is 4.90 Å². The van der Waals surface area contributed by atoms with Crippen molar-refractivity contribution < 1.29 is 9.18 Å². The van der Waals surface area contributed by atoms with E-state index in [9.17, 15) is 9.18 Å². The topological polar surface area (TPSA) is 26.8 Å². The van der Waals surface area contributed by atoms with E-state index in [1.54, 1.807) is 23.9 Å². The summed E-state index contributed by atoms with van der Waals surface area (Å²) in [7, 11) is 2.16. The van der Waals surface area contributed by atoms with Gasteiger partial charge in [0.15, 0.2) is 0 Å². The maximum atomic E-state index is 13.1. The minimum absolute atomic E-state index is 0.0376. The smallest absolute Gasteiger partial charge is 0.233 e. The highest BCUT2D eigenvalue weighted by Gasteiger charge is 2.32. The van der Waals surface area contributed by atoms with E-state index < -0.39 is 0 Å². The first-order chi connectivity index (χ1) is 11.1. The summed E-state index contributed by atoms with van der Waals surface area (Å²) < 4.78 is 13.1. The largest absolute Gasteiger partial charge is 0.326 e. The lowest BCUT2D eigenvalue weighted by atomic mass is 10.2. The first-order valence-electron chi connectivity index (χ1n) is 8.21. The predicted octanol–water partition coefficient (Wildman–Crippen LogP) is 2.04. The molecule has 126 valence electrons. The monoisotopic (exact) mass is 337 g/mol. The lowest BCUT2D eigenvalue weighted by Gasteiger charge is -2.33. The first kappa shape index (κ1) is 16.7. The van der Waals surface area contributed by atoms with Crippen LogP contribution in [0.4, 0.5) is 4.39 Å². The van der Waals surface area contributed by atoms with Crippen molar-refractivity contribution in [1.29, 1.82) is 0 Å². The first-order valence-corrected chi connectivity index (χ1v) is 9.26. The minimum Gasteiger partial charge on any atom is -0.326 e. The average molecular weight is 337 g/mol. The summed E-state index contributed by atoms with van der Waals surface area (Å²) in [4.78, 5) is 18.9. The van der Waals surface area contributed by atoms with Gasteiger partial charge in [0.25, 0.3) is 0 Å². The second kappa shape index (κ2) is 7.64. The van der Waals surface area contributed by atoms with Crippen LogP contribution in [0.1, 0.15) is 17.4 Å². The molecule has 0 bridgehead atoms. The highest BCUT2D eigenvalue weighted by Crippen LogP contribution is 2.38. The van der Waals surface area contributed by atoms with Gasteiger partial charge in [-0.3, -0.25) is 4.79 Å². The van der Waals surface area contributed by atoms with Crippen molar-refractivity contribution >= 4 is 17.7 Å². The Hall–Kier alpha value is -1.11. The second-order valence-electron chi connectivity index (χ2n) is 6.30. The molecule has 0 unspecified atom stereocenters. The molecule has 0 aliphatic carbocycles. The third kappa shape index (κ3) is 4.25. The van der Waals surface area contributed by atoms with Crippen molar-refractivity contribution in [2.24, 2.45) is 0 Å². The molecule has 3 rings (SSSR count). The van der Waals surface area contributed by atoms with Gasteiger partial charge in [-0.15, -0.1) is 11.8 Å². The summed E-state index contributed by atoms with van der Waals surface area (Å²) in [5, 5.41) is 0.0376. The van der Waals surface area contributed by atoms with Crippen LogP contribution in [-0.2, 0) is 4.79 Å². The summed E-state index contributed by atoms with van der Waals surface area (Å²) in [6, 6.07) is 6.53. The molecule has 1 aromatic rings. The van der Waals surface area contributed by atoms with Crippen LogP contribution in [0.3, 0.4) is 0 Å². The molecule has 0 spiro atoms. The highest BCUT2D eigenvalue weighted by atomic mass is 32.2. The molecule has 2 aliphatic heterocycles. The Bertz CT molecular complexity index is 531. The molecule has 0 saturated carbocycles. The zero-order valence-corrected chi connectivity index (χ0v) is 14.4. The van der Waals surface area contributed by atoms with Gasteiger partial charge in [0.1, 0.15) is 11.2 Å². The number of piperazine rings is 1. The number of carbonyl (C=O) groups is 1. The standard InChI is InChI=1S/C17H24FN3OS/c1-19-9-11-20(12-10-19)7-2-8-21-16(22)13-23-17(21)14-3-5-15(18)6-4-14/h3-6,17H,2,7-13H2,1H3/t17-/m1/s1. The lowest BCUT2D eigenvalue weighted by Crippen LogP contribution is -2.45. The molecule has 6 heteroatoms. The molecule has 4 nitrogen and oxygen atoms in total. The van der Waals surface area contributed by atoms with E-state index in [2.05, 4.69) is 16.8 Å². The molecule has 0 radical (unpaired) electrons. The van der Waals surface area contributed by atoms with E-state index in [1.165, 1.54) is 12.1 Å². The number of hydrogen-bond donors (Lipinski definition) is 0. The Morgan fingerprint density at radius 3 is 2.52 bits per heavy atom. The molecular weight excluding hydrogens is 313 g/mol. The Kier molecular flexibility index (Phi) is 5.56. The van der Waals surface area contributed by atoms with E-state index in [-0.39, 0.29) is 17.1 Å². The number of likely N-dealkylation sites (N-methyl/N-ethyl adjacent to an activating group) is 1. The fourth-order valence-corrected chi connectivity index (χ4v) is 4.35. The van der Waals surface area contributed by atoms with Crippen LogP contribution < -0.4 is 0 Å². The third-order valence-electron chi connectivity index (χ3n) is 4.59. The number of nitrogens with zero attached hydrogens (tertiary/aromatic N) is 3. The number of amides is 1. The predicted molar refractivity (Wildman–Crippen MR) is 91.9 cm³/mol. The van der Waals surface area contributed by atoms with Gasteiger partial charge < -0.3 is 14.7 Å². The normalized spacial score (nSPS) is 23.7. The Morgan fingerprint density at radius 2 is 1.83 bits per heavy atom. The molecule has 2 saturated heterocycles. The number of carbonyl (C=O) groups excluding carboxylic acids is 1. The van der Waals surface area contributed by atoms with Gasteiger partial charge in [0.05, 0.1) is 5.75 Å². The Labute approximate surface area is 141 Å². The lowest BCUT2D eigenvalue weighted by molar-refractivity contribution is -0.128. The van der Waals surface area contributed by atoms with Gasteiger partial charge in [-0.05, 0) is 37.7 Å². The van der Waals surface area contributed by atoms with Gasteiger partial charge in [0, 0.05) is 32.7 Å². The summed E-state index contributed by atoms with van der Waals surface area (Å²) in [6.45, 7) is 6.28. The minimum atomic E-state index is -0.232. The quantitative estimate of drug-likeness (QED) is 0.822. The van der Waals surface area contributed by atoms with Crippen LogP contribution in [0, 0.1) is 5.82 Å². The van der Waals surface area contributed by atoms with Gasteiger partial charge in [-0.2, -0.15) is 0 Å². The number of rotatable bonds is 5. The Balaban J connectivity index is 1.52. The van der Waals surface area contributed by atoms with Gasteiger partial charge >= 0.3 is 0 Å². The molecule has 2 aliphatic rings. The molecule has 1 atom stereocenters. The Morgan fingerprint density at radius 1 is 1.13 bits per heavy atom. The molecule has 23 heavy (non-hydrogen) atoms. The molecule has 0 aromatic heterocycles. The number of thioether (sulfide) groups is 1. The SMILES string of the molecule is CN1CCN(CCCN2C(=O)CS[C@@H]2c2ccc(F)cc2)CC1. The van der Waals surface area contributed by atoms with Crippen LogP contribution in [0.25, 0.3) is 0 Å². The van der Waals surface area contributed by atoms with E-state index in [0.29, 0.717) is 5.75 Å². The second-order valence-corrected chi connectivity index (χ2v) is 7.37. The maximum Gasteiger partial charge on any atom is 0.233 e. The summed E-state index contributed by atoms with van der Waals surface area (Å²) in [5.41, 5.74) is 1.02. The van der Waals surface area contributed by atoms with E-state index in [0.717, 1.165) is 51.3 Å². The van der Waals surface area contributed by atoms with Crippen LogP contribution in [0.5, 0.6) is 0 Å². The average Bonchev–Trinajstić information content (AvgIpc) is 2.91. The van der Waals surface area contributed by atoms with Gasteiger partial charge in [0.2, 0.25) is 5.91 Å². The van der Waals surface area contributed by atoms with Crippen molar-refractivity contribution in [2.45, 2.75) is 11.8 Å². The number of hydrogen-bond acceptors (Lipinski definition) is 4. The number of halogens is 1. The fraction of sp³-hybridized carbons (Fsp3) is 0.588. The molecule has 1 aromatic carbocycles. The summed E-state index contributed by atoms with van der Waals surface area (Å²) >= 11 is 1.64. The zero-order chi connectivity index (χ0) is 16.2. The van der Waals surface area contributed by atoms with Crippen molar-refractivity contribution in [1.82, 2.24) is 14.7 Å². The van der Waals surface area contributed by atoms with E-state index >= 15 is 0 Å². The van der Waals surface area contributed by atoms with Crippen molar-refractivity contribution in [3.05, 3.63) is 35.6 Å². The molecule has 2 heterocycles. The van der Waals surface area contributed by atoms with Crippen LogP contribution in [0.15, 0.2) is 24.3 Å². The fourth-order valence-electron chi connectivity index (χ4n) is 3.14. The third-order valence-corrected chi connectivity index (χ3v) is 5.85. The highest BCUT2D eigenvalue weighted by molar-refractivity contribution is 8.00. The summed E-state index contributed by atoms with van der Waals surface area (Å²) in [5.74, 6) is 0.490.